The molecule has 1 saturated heterocycles. The van der Waals surface area contributed by atoms with Crippen molar-refractivity contribution in [1.29, 1.82) is 5.26 Å². The Morgan fingerprint density at radius 2 is 0.816 bits per heavy atom. The van der Waals surface area contributed by atoms with Gasteiger partial charge < -0.3 is 38.5 Å². The van der Waals surface area contributed by atoms with Crippen LogP contribution in [0, 0.1) is 35.0 Å². The standard InChI is InChI=1S/C57H79N7O12/c1-34(2)24-44-54(69)73-39(10)51(66)61(12)47(27-37(7)8)57(72)76-49(29-41-20-22-42(23-21-41)32-64-33-43(30-58)31-59-64)53(68)63(14)45(25-35(3)4)55(70)74-38(9)50(65)60(11)46(26-36(5)6)56(71)75-48(52(67)62(44)13)28-40-18-16-15-17-19-40/h15-23,31,33-39,44-49H,24-29,32H2,1-14H3/t38-,39-,44+,45+,46+,47+,48-,49-/m1/s1. The van der Waals surface area contributed by atoms with Crippen LogP contribution in [0.5, 0.6) is 0 Å². The summed E-state index contributed by atoms with van der Waals surface area (Å²) in [4.78, 5) is 121. The van der Waals surface area contributed by atoms with Crippen molar-refractivity contribution in [3.05, 3.63) is 89.2 Å². The molecule has 0 spiro atoms. The Bertz CT molecular complexity index is 2500. The molecule has 3 aromatic rings. The van der Waals surface area contributed by atoms with Gasteiger partial charge in [0.15, 0.2) is 24.4 Å². The number of carbonyl (C=O) groups is 8. The maximum absolute atomic E-state index is 14.9. The lowest BCUT2D eigenvalue weighted by Crippen LogP contribution is -2.55. The van der Waals surface area contributed by atoms with Gasteiger partial charge in [0.25, 0.3) is 23.6 Å². The van der Waals surface area contributed by atoms with Gasteiger partial charge in [0, 0.05) is 47.2 Å². The van der Waals surface area contributed by atoms with E-state index in [0.717, 1.165) is 25.2 Å². The first-order chi connectivity index (χ1) is 35.7. The number of esters is 4. The number of carbonyl (C=O) groups excluding carboxylic acids is 8. The van der Waals surface area contributed by atoms with Crippen LogP contribution in [0.15, 0.2) is 67.0 Å². The third-order valence-electron chi connectivity index (χ3n) is 13.3. The molecule has 4 amide bonds. The van der Waals surface area contributed by atoms with Crippen molar-refractivity contribution < 1.29 is 57.3 Å². The predicted octanol–water partition coefficient (Wildman–Crippen LogP) is 5.78. The highest BCUT2D eigenvalue weighted by molar-refractivity contribution is 5.94. The Morgan fingerprint density at radius 1 is 0.487 bits per heavy atom. The van der Waals surface area contributed by atoms with E-state index in [2.05, 4.69) is 5.10 Å². The van der Waals surface area contributed by atoms with Gasteiger partial charge in [-0.3, -0.25) is 23.9 Å². The van der Waals surface area contributed by atoms with E-state index in [-0.39, 0.29) is 62.2 Å². The lowest BCUT2D eigenvalue weighted by atomic mass is 9.99. The van der Waals surface area contributed by atoms with Gasteiger partial charge in [-0.05, 0) is 79.9 Å². The number of nitriles is 1. The Kier molecular flexibility index (Phi) is 22.8. The zero-order valence-corrected chi connectivity index (χ0v) is 46.8. The number of aromatic nitrogens is 2. The first-order valence-corrected chi connectivity index (χ1v) is 26.2. The number of amides is 4. The molecule has 0 aliphatic carbocycles. The molecule has 2 aromatic carbocycles. The molecule has 0 N–H and O–H groups in total. The van der Waals surface area contributed by atoms with E-state index in [1.165, 1.54) is 48.2 Å². The highest BCUT2D eigenvalue weighted by atomic mass is 16.6. The second-order valence-corrected chi connectivity index (χ2v) is 21.6. The molecule has 19 heteroatoms. The largest absolute Gasteiger partial charge is 0.451 e. The van der Waals surface area contributed by atoms with Crippen molar-refractivity contribution in [2.24, 2.45) is 23.7 Å². The highest BCUT2D eigenvalue weighted by Gasteiger charge is 2.43. The number of cyclic esters (lactones) is 4. The Balaban J connectivity index is 1.85. The third-order valence-corrected chi connectivity index (χ3v) is 13.3. The lowest BCUT2D eigenvalue weighted by Gasteiger charge is -2.35. The number of rotatable bonds is 14. The quantitative estimate of drug-likeness (QED) is 0.138. The number of hydrogen-bond acceptors (Lipinski definition) is 14. The average molecular weight is 1050 g/mol. The number of benzene rings is 2. The van der Waals surface area contributed by atoms with E-state index < -0.39 is 96.1 Å². The summed E-state index contributed by atoms with van der Waals surface area (Å²) in [6.45, 7) is 17.8. The molecule has 1 aromatic heterocycles. The molecule has 76 heavy (non-hydrogen) atoms. The minimum atomic E-state index is -1.56. The van der Waals surface area contributed by atoms with Crippen LogP contribution in [-0.2, 0) is 76.7 Å². The number of ether oxygens (including phenoxy) is 4. The fraction of sp³-hybridized carbons (Fsp3) is 0.579. The first kappa shape index (κ1) is 61.4. The average Bonchev–Trinajstić information content (AvgIpc) is 3.83. The van der Waals surface area contributed by atoms with E-state index in [1.54, 1.807) is 65.5 Å². The summed E-state index contributed by atoms with van der Waals surface area (Å²) in [5, 5.41) is 13.5. The smallest absolute Gasteiger partial charge is 0.329 e. The lowest BCUT2D eigenvalue weighted by molar-refractivity contribution is -0.176. The Labute approximate surface area is 448 Å². The molecule has 1 aliphatic heterocycles. The van der Waals surface area contributed by atoms with Gasteiger partial charge in [0.05, 0.1) is 18.3 Å². The van der Waals surface area contributed by atoms with Gasteiger partial charge in [-0.1, -0.05) is 110 Å². The van der Waals surface area contributed by atoms with Crippen LogP contribution in [0.25, 0.3) is 0 Å². The second-order valence-electron chi connectivity index (χ2n) is 21.6. The summed E-state index contributed by atoms with van der Waals surface area (Å²) in [6, 6.07) is 12.9. The molecule has 414 valence electrons. The maximum atomic E-state index is 14.9. The monoisotopic (exact) mass is 1050 g/mol. The first-order valence-electron chi connectivity index (χ1n) is 26.2. The van der Waals surface area contributed by atoms with Crippen molar-refractivity contribution in [3.8, 4) is 6.07 Å². The highest BCUT2D eigenvalue weighted by Crippen LogP contribution is 2.24. The molecule has 0 unspecified atom stereocenters. The van der Waals surface area contributed by atoms with Gasteiger partial charge >= 0.3 is 23.9 Å². The number of likely N-dealkylation sites (N-methyl/N-ethyl adjacent to an activating group) is 4. The maximum Gasteiger partial charge on any atom is 0.329 e. The fourth-order valence-electron chi connectivity index (χ4n) is 9.00. The van der Waals surface area contributed by atoms with Crippen molar-refractivity contribution >= 4 is 47.5 Å². The van der Waals surface area contributed by atoms with Crippen LogP contribution < -0.4 is 0 Å². The molecular weight excluding hydrogens is 975 g/mol. The zero-order valence-electron chi connectivity index (χ0n) is 46.8. The third kappa shape index (κ3) is 17.2. The fourth-order valence-corrected chi connectivity index (χ4v) is 9.00. The normalized spacial score (nSPS) is 23.7. The summed E-state index contributed by atoms with van der Waals surface area (Å²) >= 11 is 0. The SMILES string of the molecule is CC(C)C[C@H]1C(=O)O[C@H](Cc2ccc(Cn3cc(C#N)cn3)cc2)C(=O)N(C)[C@@H](CC(C)C)C(=O)O[C@H](C)C(=O)N(C)[C@@H](CC(C)C)C(=O)O[C@H](Cc2ccccc2)C(=O)N(C)[C@@H](CC(C)C)C(=O)O[C@H](C)C(=O)N1C. The topological polar surface area (TPSA) is 228 Å². The van der Waals surface area contributed by atoms with Crippen molar-refractivity contribution in [3.63, 3.8) is 0 Å². The van der Waals surface area contributed by atoms with Crippen molar-refractivity contribution in [1.82, 2.24) is 29.4 Å². The van der Waals surface area contributed by atoms with Crippen LogP contribution in [0.3, 0.4) is 0 Å². The molecule has 19 nitrogen and oxygen atoms in total. The van der Waals surface area contributed by atoms with Crippen LogP contribution in [0.2, 0.25) is 0 Å². The molecular formula is C57H79N7O12. The zero-order chi connectivity index (χ0) is 56.7. The summed E-state index contributed by atoms with van der Waals surface area (Å²) < 4.78 is 25.6. The molecule has 4 rings (SSSR count). The van der Waals surface area contributed by atoms with Crippen LogP contribution in [-0.4, -0.2) is 154 Å². The minimum absolute atomic E-state index is 0.0730. The molecule has 1 fully saturated rings. The van der Waals surface area contributed by atoms with E-state index in [9.17, 15) is 43.6 Å². The summed E-state index contributed by atoms with van der Waals surface area (Å²) in [7, 11) is 5.52. The van der Waals surface area contributed by atoms with E-state index >= 15 is 0 Å². The van der Waals surface area contributed by atoms with Gasteiger partial charge in [-0.15, -0.1) is 0 Å². The van der Waals surface area contributed by atoms with Crippen molar-refractivity contribution in [2.75, 3.05) is 28.2 Å². The van der Waals surface area contributed by atoms with Crippen molar-refractivity contribution in [2.45, 2.75) is 163 Å². The molecule has 0 saturated carbocycles. The number of nitrogens with zero attached hydrogens (tertiary/aromatic N) is 7. The van der Waals surface area contributed by atoms with Gasteiger partial charge in [0.1, 0.15) is 30.2 Å². The molecule has 8 atom stereocenters. The van der Waals surface area contributed by atoms with Crippen LogP contribution in [0.1, 0.15) is 117 Å². The van der Waals surface area contributed by atoms with Crippen LogP contribution in [0.4, 0.5) is 0 Å². The molecule has 0 bridgehead atoms. The molecule has 0 radical (unpaired) electrons. The summed E-state index contributed by atoms with van der Waals surface area (Å²) in [5.74, 6) is -7.46. The predicted molar refractivity (Wildman–Crippen MR) is 281 cm³/mol. The second kappa shape index (κ2) is 28.2. The number of hydrogen-bond donors (Lipinski definition) is 0. The van der Waals surface area contributed by atoms with Crippen LogP contribution >= 0.6 is 0 Å². The Morgan fingerprint density at radius 3 is 1.16 bits per heavy atom. The summed E-state index contributed by atoms with van der Waals surface area (Å²) in [6.07, 6.45) is -2.88. The Hall–Kier alpha value is -7.10. The molecule has 1 aliphatic rings. The molecule has 2 heterocycles. The van der Waals surface area contributed by atoms with E-state index in [1.807, 2.05) is 61.5 Å². The van der Waals surface area contributed by atoms with E-state index in [0.29, 0.717) is 23.2 Å². The minimum Gasteiger partial charge on any atom is -0.451 e. The summed E-state index contributed by atoms with van der Waals surface area (Å²) in [5.41, 5.74) is 2.43. The van der Waals surface area contributed by atoms with Gasteiger partial charge in [-0.2, -0.15) is 10.4 Å². The van der Waals surface area contributed by atoms with Gasteiger partial charge in [-0.25, -0.2) is 19.2 Å². The van der Waals surface area contributed by atoms with Gasteiger partial charge in [0.2, 0.25) is 0 Å². The van der Waals surface area contributed by atoms with E-state index in [4.69, 9.17) is 18.9 Å².